The Balaban J connectivity index is 2.62. The van der Waals surface area contributed by atoms with Gasteiger partial charge in [-0.2, -0.15) is 0 Å². The zero-order valence-electron chi connectivity index (χ0n) is 6.96. The monoisotopic (exact) mass is 158 g/mol. The van der Waals surface area contributed by atoms with E-state index in [1.54, 1.807) is 0 Å². The van der Waals surface area contributed by atoms with Crippen molar-refractivity contribution in [3.63, 3.8) is 0 Å². The third-order valence-corrected chi connectivity index (χ3v) is 2.47. The normalized spacial score (nSPS) is 37.4. The van der Waals surface area contributed by atoms with Gasteiger partial charge in [-0.1, -0.05) is 6.92 Å². The third-order valence-electron chi connectivity index (χ3n) is 2.47. The lowest BCUT2D eigenvalue weighted by Crippen LogP contribution is -2.31. The SMILES string of the molecule is C[C@@H]1CC(=O)O[C@@]1(C)CCO. The maximum atomic E-state index is 10.8. The van der Waals surface area contributed by atoms with Gasteiger partial charge in [-0.25, -0.2) is 0 Å². The number of aliphatic hydroxyl groups excluding tert-OH is 1. The van der Waals surface area contributed by atoms with Crippen LogP contribution in [0.15, 0.2) is 0 Å². The largest absolute Gasteiger partial charge is 0.459 e. The average molecular weight is 158 g/mol. The number of rotatable bonds is 2. The quantitative estimate of drug-likeness (QED) is 0.602. The number of carbonyl (C=O) groups excluding carboxylic acids is 1. The molecule has 11 heavy (non-hydrogen) atoms. The summed E-state index contributed by atoms with van der Waals surface area (Å²) >= 11 is 0. The van der Waals surface area contributed by atoms with Crippen LogP contribution in [0.4, 0.5) is 0 Å². The van der Waals surface area contributed by atoms with Gasteiger partial charge in [0.05, 0.1) is 6.42 Å². The molecule has 1 N–H and O–H groups in total. The molecule has 1 aliphatic rings. The topological polar surface area (TPSA) is 46.5 Å². The summed E-state index contributed by atoms with van der Waals surface area (Å²) in [6.07, 6.45) is 1.02. The Kier molecular flexibility index (Phi) is 2.18. The van der Waals surface area contributed by atoms with Crippen molar-refractivity contribution in [3.05, 3.63) is 0 Å². The molecule has 64 valence electrons. The smallest absolute Gasteiger partial charge is 0.306 e. The lowest BCUT2D eigenvalue weighted by Gasteiger charge is -2.25. The summed E-state index contributed by atoms with van der Waals surface area (Å²) in [5.74, 6) is 0.0793. The zero-order valence-corrected chi connectivity index (χ0v) is 6.96. The van der Waals surface area contributed by atoms with E-state index < -0.39 is 5.60 Å². The van der Waals surface area contributed by atoms with Gasteiger partial charge >= 0.3 is 5.97 Å². The molecular formula is C8H14O3. The first kappa shape index (κ1) is 8.53. The Morgan fingerprint density at radius 1 is 1.82 bits per heavy atom. The number of esters is 1. The van der Waals surface area contributed by atoms with Crippen LogP contribution in [0.3, 0.4) is 0 Å². The fourth-order valence-electron chi connectivity index (χ4n) is 1.39. The highest BCUT2D eigenvalue weighted by molar-refractivity contribution is 5.72. The van der Waals surface area contributed by atoms with Crippen LogP contribution in [0.1, 0.15) is 26.7 Å². The summed E-state index contributed by atoms with van der Waals surface area (Å²) in [6, 6.07) is 0. The molecule has 3 heteroatoms. The number of hydrogen-bond acceptors (Lipinski definition) is 3. The first-order valence-corrected chi connectivity index (χ1v) is 3.91. The van der Waals surface area contributed by atoms with Gasteiger partial charge in [0, 0.05) is 18.9 Å². The van der Waals surface area contributed by atoms with Gasteiger partial charge in [-0.05, 0) is 6.92 Å². The minimum absolute atomic E-state index is 0.0775. The second kappa shape index (κ2) is 2.81. The van der Waals surface area contributed by atoms with Crippen LogP contribution < -0.4 is 0 Å². The average Bonchev–Trinajstić information content (AvgIpc) is 2.08. The van der Waals surface area contributed by atoms with Crippen molar-refractivity contribution in [3.8, 4) is 0 Å². The number of hydrogen-bond donors (Lipinski definition) is 1. The van der Waals surface area contributed by atoms with E-state index in [2.05, 4.69) is 0 Å². The highest BCUT2D eigenvalue weighted by Crippen LogP contribution is 2.34. The summed E-state index contributed by atoms with van der Waals surface area (Å²) in [6.45, 7) is 3.92. The summed E-state index contributed by atoms with van der Waals surface area (Å²) < 4.78 is 5.10. The van der Waals surface area contributed by atoms with E-state index in [9.17, 15) is 4.79 Å². The molecule has 0 amide bonds. The van der Waals surface area contributed by atoms with Crippen molar-refractivity contribution in [1.82, 2.24) is 0 Å². The molecule has 0 bridgehead atoms. The summed E-state index contributed by atoms with van der Waals surface area (Å²) in [4.78, 5) is 10.8. The molecule has 0 aromatic heterocycles. The van der Waals surface area contributed by atoms with Crippen molar-refractivity contribution >= 4 is 5.97 Å². The predicted molar refractivity (Wildman–Crippen MR) is 40.0 cm³/mol. The van der Waals surface area contributed by atoms with Crippen LogP contribution in [0.2, 0.25) is 0 Å². The molecule has 1 saturated heterocycles. The Morgan fingerprint density at radius 3 is 2.82 bits per heavy atom. The molecule has 0 saturated carbocycles. The van der Waals surface area contributed by atoms with Crippen LogP contribution in [0.25, 0.3) is 0 Å². The van der Waals surface area contributed by atoms with E-state index in [-0.39, 0.29) is 18.5 Å². The molecule has 0 spiro atoms. The van der Waals surface area contributed by atoms with Crippen LogP contribution >= 0.6 is 0 Å². The molecule has 0 radical (unpaired) electrons. The van der Waals surface area contributed by atoms with E-state index in [4.69, 9.17) is 9.84 Å². The van der Waals surface area contributed by atoms with Crippen molar-refractivity contribution in [1.29, 1.82) is 0 Å². The summed E-state index contributed by atoms with van der Waals surface area (Å²) in [5, 5.41) is 8.70. The van der Waals surface area contributed by atoms with E-state index in [1.807, 2.05) is 13.8 Å². The van der Waals surface area contributed by atoms with Gasteiger partial charge < -0.3 is 9.84 Å². The molecule has 1 aliphatic heterocycles. The molecule has 3 nitrogen and oxygen atoms in total. The maximum absolute atomic E-state index is 10.8. The maximum Gasteiger partial charge on any atom is 0.306 e. The summed E-state index contributed by atoms with van der Waals surface area (Å²) in [5.41, 5.74) is -0.425. The Labute approximate surface area is 66.4 Å². The Hall–Kier alpha value is -0.570. The van der Waals surface area contributed by atoms with E-state index in [1.165, 1.54) is 0 Å². The minimum atomic E-state index is -0.425. The Morgan fingerprint density at radius 2 is 2.45 bits per heavy atom. The molecule has 0 aromatic carbocycles. The van der Waals surface area contributed by atoms with Crippen molar-refractivity contribution in [2.75, 3.05) is 6.61 Å². The lowest BCUT2D eigenvalue weighted by molar-refractivity contribution is -0.148. The summed E-state index contributed by atoms with van der Waals surface area (Å²) in [7, 11) is 0. The molecule has 1 rings (SSSR count). The van der Waals surface area contributed by atoms with Gasteiger partial charge in [-0.15, -0.1) is 0 Å². The standard InChI is InChI=1S/C8H14O3/c1-6-5-7(10)11-8(6,2)3-4-9/h6,9H,3-5H2,1-2H3/t6-,8+/m1/s1. The van der Waals surface area contributed by atoms with Crippen molar-refractivity contribution in [2.45, 2.75) is 32.3 Å². The fourth-order valence-corrected chi connectivity index (χ4v) is 1.39. The second-order valence-electron chi connectivity index (χ2n) is 3.37. The number of aliphatic hydroxyl groups is 1. The van der Waals surface area contributed by atoms with Gasteiger partial charge in [0.15, 0.2) is 0 Å². The molecule has 0 unspecified atom stereocenters. The Bertz CT molecular complexity index is 167. The molecular weight excluding hydrogens is 144 g/mol. The highest BCUT2D eigenvalue weighted by Gasteiger charge is 2.41. The minimum Gasteiger partial charge on any atom is -0.459 e. The van der Waals surface area contributed by atoms with Gasteiger partial charge in [0.1, 0.15) is 5.60 Å². The zero-order chi connectivity index (χ0) is 8.48. The molecule has 2 atom stereocenters. The van der Waals surface area contributed by atoms with Crippen LogP contribution in [-0.2, 0) is 9.53 Å². The first-order chi connectivity index (χ1) is 5.08. The predicted octanol–water partition coefficient (Wildman–Crippen LogP) is 0.710. The number of cyclic esters (lactones) is 1. The molecule has 0 aliphatic carbocycles. The highest BCUT2D eigenvalue weighted by atomic mass is 16.6. The van der Waals surface area contributed by atoms with Crippen LogP contribution in [0.5, 0.6) is 0 Å². The number of ether oxygens (including phenoxy) is 1. The van der Waals surface area contributed by atoms with Crippen LogP contribution in [-0.4, -0.2) is 23.3 Å². The van der Waals surface area contributed by atoms with Crippen LogP contribution in [0, 0.1) is 5.92 Å². The van der Waals surface area contributed by atoms with E-state index >= 15 is 0 Å². The number of carbonyl (C=O) groups is 1. The lowest BCUT2D eigenvalue weighted by atomic mass is 9.88. The fraction of sp³-hybridized carbons (Fsp3) is 0.875. The van der Waals surface area contributed by atoms with E-state index in [0.29, 0.717) is 12.8 Å². The van der Waals surface area contributed by atoms with Crippen molar-refractivity contribution in [2.24, 2.45) is 5.92 Å². The van der Waals surface area contributed by atoms with E-state index in [0.717, 1.165) is 0 Å². The van der Waals surface area contributed by atoms with Gasteiger partial charge in [0.2, 0.25) is 0 Å². The van der Waals surface area contributed by atoms with Crippen molar-refractivity contribution < 1.29 is 14.6 Å². The molecule has 1 fully saturated rings. The first-order valence-electron chi connectivity index (χ1n) is 3.91. The third kappa shape index (κ3) is 1.53. The molecule has 0 aromatic rings. The van der Waals surface area contributed by atoms with Gasteiger partial charge in [0.25, 0.3) is 0 Å². The van der Waals surface area contributed by atoms with Gasteiger partial charge in [-0.3, -0.25) is 4.79 Å². The second-order valence-corrected chi connectivity index (χ2v) is 3.37. The molecule has 1 heterocycles.